The molecule has 2 aromatic heterocycles. The number of carbonyl (C=O) groups is 3. The van der Waals surface area contributed by atoms with Crippen LogP contribution in [0.2, 0.25) is 0 Å². The Kier molecular flexibility index (Phi) is 10.4. The standard InChI is InChI=1S/C34H44FN6O10P/c1-19(2)29(42)48-27-26(24-12-13-25-28(36)37-18-38-41(24)25)49-33(32(35)34(27,33)50-30(43)20(3)4)17-46-52(45,51-22-10-8-7-9-11-22)39-21(5)31(44)47-23-14-15-40(6)16-23/h7-13,18-21,23,26-27,32H,14-17H2,1-6H3,(H,39,45)(H2,36,37,38)/t21-,23+,26-,27-,32?,33-,34+,52+/m0/s1. The smallest absolute Gasteiger partial charge is 0.459 e. The van der Waals surface area contributed by atoms with Gasteiger partial charge in [0.15, 0.2) is 23.7 Å². The van der Waals surface area contributed by atoms with Crippen molar-refractivity contribution in [2.75, 3.05) is 32.5 Å². The van der Waals surface area contributed by atoms with Crippen LogP contribution < -0.4 is 15.3 Å². The van der Waals surface area contributed by atoms with Gasteiger partial charge in [-0.25, -0.2) is 18.5 Å². The zero-order chi connectivity index (χ0) is 37.6. The van der Waals surface area contributed by atoms with Crippen LogP contribution in [0.1, 0.15) is 52.8 Å². The molecule has 3 aliphatic rings. The lowest BCUT2D eigenvalue weighted by Gasteiger charge is -2.28. The molecule has 16 nitrogen and oxygen atoms in total. The van der Waals surface area contributed by atoms with Crippen LogP contribution in [0.5, 0.6) is 5.75 Å². The third-order valence-electron chi connectivity index (χ3n) is 9.41. The fourth-order valence-corrected chi connectivity index (χ4v) is 7.98. The number of hydrogen-bond acceptors (Lipinski definition) is 14. The summed E-state index contributed by atoms with van der Waals surface area (Å²) in [5, 5.41) is 6.88. The summed E-state index contributed by atoms with van der Waals surface area (Å²) in [4.78, 5) is 45.5. The number of benzene rings is 1. The number of rotatable bonds is 14. The van der Waals surface area contributed by atoms with E-state index in [1.54, 1.807) is 58.0 Å². The minimum absolute atomic E-state index is 0.116. The average molecular weight is 747 g/mol. The zero-order valence-electron chi connectivity index (χ0n) is 29.8. The van der Waals surface area contributed by atoms with E-state index in [1.807, 2.05) is 11.9 Å². The summed E-state index contributed by atoms with van der Waals surface area (Å²) < 4.78 is 68.3. The molecule has 0 spiro atoms. The van der Waals surface area contributed by atoms with Gasteiger partial charge in [0.2, 0.25) is 5.60 Å². The highest BCUT2D eigenvalue weighted by molar-refractivity contribution is 7.52. The first-order valence-corrected chi connectivity index (χ1v) is 18.6. The van der Waals surface area contributed by atoms with E-state index in [0.29, 0.717) is 18.5 Å². The molecule has 0 radical (unpaired) electrons. The Morgan fingerprint density at radius 2 is 1.77 bits per heavy atom. The molecule has 0 bridgehead atoms. The Bertz CT molecular complexity index is 1860. The normalized spacial score (nSPS) is 28.7. The number of nitrogens with one attached hydrogen (secondary N) is 1. The summed E-state index contributed by atoms with van der Waals surface area (Å²) in [5.74, 6) is -3.34. The van der Waals surface area contributed by atoms with Crippen molar-refractivity contribution in [1.82, 2.24) is 24.6 Å². The zero-order valence-corrected chi connectivity index (χ0v) is 30.7. The Balaban J connectivity index is 1.36. The monoisotopic (exact) mass is 746 g/mol. The number of likely N-dealkylation sites (N-methyl/N-ethyl adjacent to an activating group) is 1. The van der Waals surface area contributed by atoms with Crippen LogP contribution in [0.25, 0.3) is 5.52 Å². The second-order valence-electron chi connectivity index (χ2n) is 14.0. The predicted molar refractivity (Wildman–Crippen MR) is 182 cm³/mol. The predicted octanol–water partition coefficient (Wildman–Crippen LogP) is 3.41. The van der Waals surface area contributed by atoms with Gasteiger partial charge < -0.3 is 34.1 Å². The number of hydrogen-bond donors (Lipinski definition) is 2. The van der Waals surface area contributed by atoms with Crippen molar-refractivity contribution in [2.24, 2.45) is 11.8 Å². The van der Waals surface area contributed by atoms with E-state index in [4.69, 9.17) is 33.7 Å². The van der Waals surface area contributed by atoms with Gasteiger partial charge in [-0.15, -0.1) is 0 Å². The van der Waals surface area contributed by atoms with Gasteiger partial charge in [0.05, 0.1) is 24.1 Å². The molecule has 18 heteroatoms. The topological polar surface area (TPSA) is 195 Å². The van der Waals surface area contributed by atoms with E-state index in [1.165, 1.54) is 29.9 Å². The number of alkyl halides is 1. The molecule has 1 aliphatic carbocycles. The van der Waals surface area contributed by atoms with Gasteiger partial charge in [-0.05, 0) is 44.7 Å². The summed E-state index contributed by atoms with van der Waals surface area (Å²) in [6.45, 7) is 8.20. The van der Waals surface area contributed by atoms with E-state index >= 15 is 4.39 Å². The molecule has 2 saturated heterocycles. The Labute approximate surface area is 300 Å². The summed E-state index contributed by atoms with van der Waals surface area (Å²) in [7, 11) is -2.67. The minimum Gasteiger partial charge on any atom is -0.460 e. The highest BCUT2D eigenvalue weighted by Crippen LogP contribution is 2.69. The first kappa shape index (κ1) is 37.6. The van der Waals surface area contributed by atoms with Crippen molar-refractivity contribution in [3.05, 3.63) is 54.5 Å². The quantitative estimate of drug-likeness (QED) is 0.138. The minimum atomic E-state index is -4.57. The van der Waals surface area contributed by atoms with Crippen molar-refractivity contribution in [2.45, 2.75) is 82.8 Å². The van der Waals surface area contributed by atoms with Crippen molar-refractivity contribution in [3.63, 3.8) is 0 Å². The third kappa shape index (κ3) is 6.87. The van der Waals surface area contributed by atoms with Gasteiger partial charge in [0.25, 0.3) is 0 Å². The summed E-state index contributed by atoms with van der Waals surface area (Å²) in [5.41, 5.74) is 2.33. The van der Waals surface area contributed by atoms with Crippen LogP contribution in [0.15, 0.2) is 48.8 Å². The van der Waals surface area contributed by atoms with Gasteiger partial charge in [0, 0.05) is 13.1 Å². The van der Waals surface area contributed by atoms with Gasteiger partial charge in [-0.2, -0.15) is 10.2 Å². The lowest BCUT2D eigenvalue weighted by Crippen LogP contribution is -2.44. The summed E-state index contributed by atoms with van der Waals surface area (Å²) in [6, 6.07) is 10.0. The lowest BCUT2D eigenvalue weighted by atomic mass is 10.0. The fraction of sp³-hybridized carbons (Fsp3) is 0.559. The second-order valence-corrected chi connectivity index (χ2v) is 15.7. The molecule has 3 fully saturated rings. The maximum absolute atomic E-state index is 16.7. The average Bonchev–Trinajstić information content (AvgIpc) is 3.56. The lowest BCUT2D eigenvalue weighted by molar-refractivity contribution is -0.180. The molecular weight excluding hydrogens is 702 g/mol. The molecule has 1 aromatic carbocycles. The highest BCUT2D eigenvalue weighted by atomic mass is 31.2. The molecule has 52 heavy (non-hydrogen) atoms. The SMILES string of the molecule is CC(C)C(=O)O[C@H]1[C@H](c2ccc3c(N)ncnn23)O[C@@]2(CO[P@](=O)(N[C@@H](C)C(=O)O[C@@H]3CCN(C)C3)Oc3ccccc3)C(F)[C@]12OC(=O)C(C)C. The van der Waals surface area contributed by atoms with Crippen LogP contribution in [0, 0.1) is 11.8 Å². The molecule has 282 valence electrons. The highest BCUT2D eigenvalue weighted by Gasteiger charge is 2.93. The maximum atomic E-state index is 16.7. The number of anilines is 1. The Hall–Kier alpha value is -4.15. The van der Waals surface area contributed by atoms with Crippen molar-refractivity contribution < 1.29 is 51.3 Å². The molecule has 3 N–H and O–H groups in total. The molecule has 1 saturated carbocycles. The van der Waals surface area contributed by atoms with Crippen molar-refractivity contribution >= 4 is 37.0 Å². The van der Waals surface area contributed by atoms with Gasteiger partial charge in [0.1, 0.15) is 35.8 Å². The van der Waals surface area contributed by atoms with Crippen LogP contribution in [-0.4, -0.2) is 99.8 Å². The molecule has 4 heterocycles. The van der Waals surface area contributed by atoms with E-state index in [-0.39, 0.29) is 23.4 Å². The van der Waals surface area contributed by atoms with E-state index < -0.39 is 79.7 Å². The Morgan fingerprint density at radius 3 is 2.42 bits per heavy atom. The number of fused-ring (bicyclic) bond motifs is 2. The number of ether oxygens (including phenoxy) is 4. The van der Waals surface area contributed by atoms with E-state index in [2.05, 4.69) is 15.2 Å². The third-order valence-corrected chi connectivity index (χ3v) is 11.0. The van der Waals surface area contributed by atoms with Gasteiger partial charge >= 0.3 is 25.7 Å². The fourth-order valence-electron chi connectivity index (χ4n) is 6.46. The molecule has 2 aliphatic heterocycles. The van der Waals surface area contributed by atoms with Crippen LogP contribution >= 0.6 is 7.75 Å². The Morgan fingerprint density at radius 1 is 1.06 bits per heavy atom. The molecular formula is C34H44FN6O10P. The first-order chi connectivity index (χ1) is 24.6. The van der Waals surface area contributed by atoms with Crippen LogP contribution in [0.3, 0.4) is 0 Å². The van der Waals surface area contributed by atoms with Crippen molar-refractivity contribution in [3.8, 4) is 5.75 Å². The summed E-state index contributed by atoms with van der Waals surface area (Å²) >= 11 is 0. The van der Waals surface area contributed by atoms with Crippen molar-refractivity contribution in [1.29, 1.82) is 0 Å². The summed E-state index contributed by atoms with van der Waals surface area (Å²) in [6.07, 6.45) is -3.47. The molecule has 3 aromatic rings. The molecule has 0 amide bonds. The molecule has 6 rings (SSSR count). The van der Waals surface area contributed by atoms with Gasteiger partial charge in [-0.1, -0.05) is 45.9 Å². The number of para-hydroxylation sites is 1. The largest absolute Gasteiger partial charge is 0.460 e. The van der Waals surface area contributed by atoms with Gasteiger partial charge in [-0.3, -0.25) is 18.9 Å². The second kappa shape index (κ2) is 14.3. The van der Waals surface area contributed by atoms with E-state index in [9.17, 15) is 18.9 Å². The van der Waals surface area contributed by atoms with E-state index in [0.717, 1.165) is 6.54 Å². The number of nitrogens with zero attached hydrogens (tertiary/aromatic N) is 4. The first-order valence-electron chi connectivity index (χ1n) is 17.1. The number of halogens is 1. The number of likely N-dealkylation sites (tertiary alicyclic amines) is 1. The number of aromatic nitrogens is 3. The van der Waals surface area contributed by atoms with Crippen LogP contribution in [-0.2, 0) is 42.4 Å². The number of nitrogens with two attached hydrogens (primary N) is 1. The number of esters is 3. The molecule has 1 unspecified atom stereocenters. The number of carbonyl (C=O) groups excluding carboxylic acids is 3. The van der Waals surface area contributed by atoms with Crippen LogP contribution in [0.4, 0.5) is 10.2 Å². The number of nitrogen functional groups attached to an aromatic ring is 1. The maximum Gasteiger partial charge on any atom is 0.459 e. The molecule has 8 atom stereocenters.